The van der Waals surface area contributed by atoms with Gasteiger partial charge in [-0.1, -0.05) is 6.07 Å². The molecule has 1 atom stereocenters. The molecule has 23 heavy (non-hydrogen) atoms. The molecule has 1 aliphatic carbocycles. The number of aryl methyl sites for hydroxylation is 1. The van der Waals surface area contributed by atoms with Crippen LogP contribution in [0.1, 0.15) is 31.2 Å². The van der Waals surface area contributed by atoms with E-state index in [1.807, 2.05) is 0 Å². The van der Waals surface area contributed by atoms with Crippen LogP contribution in [0.4, 0.5) is 5.69 Å². The maximum absolute atomic E-state index is 12.6. The minimum Gasteiger partial charge on any atom is -0.382 e. The molecule has 3 rings (SSSR count). The van der Waals surface area contributed by atoms with Gasteiger partial charge in [-0.2, -0.15) is 8.42 Å². The Morgan fingerprint density at radius 1 is 1.26 bits per heavy atom. The molecule has 1 amide bonds. The normalized spacial score (nSPS) is 21.6. The second-order valence-electron chi connectivity index (χ2n) is 6.00. The fourth-order valence-corrected chi connectivity index (χ4v) is 3.63. The average Bonchev–Trinajstić information content (AvgIpc) is 2.73. The van der Waals surface area contributed by atoms with E-state index in [2.05, 4.69) is 0 Å². The monoisotopic (exact) mass is 337 g/mol. The fourth-order valence-electron chi connectivity index (χ4n) is 3.12. The standard InChI is InChI=1S/C16H19NO5S/c1-10-7-8-11(9-14(10)22-23(2,20)21)17-15(18)12-5-3-4-6-13(12)16(17)19/h7-9,15,18H,3-6H2,1-2H3. The zero-order valence-electron chi connectivity index (χ0n) is 13.1. The van der Waals surface area contributed by atoms with Crippen LogP contribution in [0.2, 0.25) is 0 Å². The van der Waals surface area contributed by atoms with Gasteiger partial charge in [0.1, 0.15) is 5.75 Å². The fraction of sp³-hybridized carbons (Fsp3) is 0.438. The Kier molecular flexibility index (Phi) is 3.93. The molecule has 1 N–H and O–H groups in total. The van der Waals surface area contributed by atoms with Crippen LogP contribution >= 0.6 is 0 Å². The van der Waals surface area contributed by atoms with Crippen LogP contribution in [0.5, 0.6) is 5.75 Å². The molecule has 0 spiro atoms. The molecule has 1 aromatic rings. The first kappa shape index (κ1) is 16.0. The van der Waals surface area contributed by atoms with Crippen molar-refractivity contribution in [3.05, 3.63) is 34.9 Å². The molecular weight excluding hydrogens is 318 g/mol. The van der Waals surface area contributed by atoms with E-state index < -0.39 is 16.3 Å². The summed E-state index contributed by atoms with van der Waals surface area (Å²) in [4.78, 5) is 13.9. The van der Waals surface area contributed by atoms with Crippen molar-refractivity contribution in [3.8, 4) is 5.75 Å². The summed E-state index contributed by atoms with van der Waals surface area (Å²) < 4.78 is 27.7. The molecule has 2 aliphatic rings. The molecule has 124 valence electrons. The minimum absolute atomic E-state index is 0.162. The van der Waals surface area contributed by atoms with E-state index in [0.717, 1.165) is 31.1 Å². The summed E-state index contributed by atoms with van der Waals surface area (Å²) in [5, 5.41) is 10.5. The van der Waals surface area contributed by atoms with Crippen molar-refractivity contribution in [1.82, 2.24) is 0 Å². The van der Waals surface area contributed by atoms with Crippen LogP contribution in [0.3, 0.4) is 0 Å². The van der Waals surface area contributed by atoms with Crippen LogP contribution in [0, 0.1) is 6.92 Å². The van der Waals surface area contributed by atoms with Gasteiger partial charge in [-0.3, -0.25) is 9.69 Å². The van der Waals surface area contributed by atoms with E-state index in [1.54, 1.807) is 19.1 Å². The summed E-state index contributed by atoms with van der Waals surface area (Å²) in [6.07, 6.45) is 3.30. The number of carbonyl (C=O) groups excluding carboxylic acids is 1. The quantitative estimate of drug-likeness (QED) is 0.851. The summed E-state index contributed by atoms with van der Waals surface area (Å²) in [7, 11) is -3.66. The van der Waals surface area contributed by atoms with Crippen LogP contribution < -0.4 is 9.08 Å². The number of rotatable bonds is 3. The molecule has 0 bridgehead atoms. The minimum atomic E-state index is -3.66. The molecular formula is C16H19NO5S. The summed E-state index contributed by atoms with van der Waals surface area (Å²) in [6, 6.07) is 4.84. The number of carbonyl (C=O) groups is 1. The molecule has 0 saturated heterocycles. The van der Waals surface area contributed by atoms with Crippen molar-refractivity contribution in [2.45, 2.75) is 38.8 Å². The highest BCUT2D eigenvalue weighted by Crippen LogP contribution is 2.39. The number of aliphatic hydroxyl groups excluding tert-OH is 1. The molecule has 0 fully saturated rings. The second kappa shape index (κ2) is 5.65. The van der Waals surface area contributed by atoms with Gasteiger partial charge in [0.05, 0.1) is 11.9 Å². The van der Waals surface area contributed by atoms with E-state index in [0.29, 0.717) is 23.2 Å². The van der Waals surface area contributed by atoms with Crippen LogP contribution in [-0.2, 0) is 14.9 Å². The number of hydrogen-bond acceptors (Lipinski definition) is 5. The summed E-state index contributed by atoms with van der Waals surface area (Å²) in [6.45, 7) is 1.72. The van der Waals surface area contributed by atoms with Gasteiger partial charge in [0.25, 0.3) is 5.91 Å². The molecule has 0 radical (unpaired) electrons. The number of amides is 1. The lowest BCUT2D eigenvalue weighted by Crippen LogP contribution is -2.35. The van der Waals surface area contributed by atoms with E-state index in [4.69, 9.17) is 4.18 Å². The van der Waals surface area contributed by atoms with Gasteiger partial charge >= 0.3 is 10.1 Å². The van der Waals surface area contributed by atoms with Gasteiger partial charge in [-0.25, -0.2) is 0 Å². The molecule has 0 saturated carbocycles. The SMILES string of the molecule is Cc1ccc(N2C(=O)C3=C(CCCC3)C2O)cc1OS(C)(=O)=O. The maximum atomic E-state index is 12.6. The predicted molar refractivity (Wildman–Crippen MR) is 85.6 cm³/mol. The molecule has 1 unspecified atom stereocenters. The third-order valence-electron chi connectivity index (χ3n) is 4.23. The Balaban J connectivity index is 1.97. The van der Waals surface area contributed by atoms with Gasteiger partial charge < -0.3 is 9.29 Å². The third-order valence-corrected chi connectivity index (χ3v) is 4.72. The lowest BCUT2D eigenvalue weighted by molar-refractivity contribution is -0.115. The van der Waals surface area contributed by atoms with Gasteiger partial charge in [0.2, 0.25) is 0 Å². The Morgan fingerprint density at radius 2 is 1.96 bits per heavy atom. The van der Waals surface area contributed by atoms with Crippen molar-refractivity contribution in [1.29, 1.82) is 0 Å². The Morgan fingerprint density at radius 3 is 2.61 bits per heavy atom. The topological polar surface area (TPSA) is 83.9 Å². The predicted octanol–water partition coefficient (Wildman–Crippen LogP) is 1.87. The highest BCUT2D eigenvalue weighted by atomic mass is 32.2. The van der Waals surface area contributed by atoms with Crippen molar-refractivity contribution in [3.63, 3.8) is 0 Å². The molecule has 1 aromatic carbocycles. The number of aliphatic hydroxyl groups is 1. The van der Waals surface area contributed by atoms with Gasteiger partial charge in [0, 0.05) is 11.6 Å². The Bertz CT molecular complexity index is 797. The van der Waals surface area contributed by atoms with Crippen molar-refractivity contribution < 1.29 is 22.5 Å². The van der Waals surface area contributed by atoms with Gasteiger partial charge in [-0.05, 0) is 49.8 Å². The maximum Gasteiger partial charge on any atom is 0.306 e. The lowest BCUT2D eigenvalue weighted by atomic mass is 9.93. The van der Waals surface area contributed by atoms with E-state index in [-0.39, 0.29) is 11.7 Å². The Hall–Kier alpha value is -1.86. The number of benzene rings is 1. The van der Waals surface area contributed by atoms with Gasteiger partial charge in [0.15, 0.2) is 6.23 Å². The largest absolute Gasteiger partial charge is 0.382 e. The first-order chi connectivity index (χ1) is 10.8. The molecule has 6 nitrogen and oxygen atoms in total. The second-order valence-corrected chi connectivity index (χ2v) is 7.57. The lowest BCUT2D eigenvalue weighted by Gasteiger charge is -2.23. The van der Waals surface area contributed by atoms with E-state index >= 15 is 0 Å². The highest BCUT2D eigenvalue weighted by molar-refractivity contribution is 7.86. The third kappa shape index (κ3) is 2.98. The molecule has 1 heterocycles. The van der Waals surface area contributed by atoms with Gasteiger partial charge in [-0.15, -0.1) is 0 Å². The molecule has 1 aliphatic heterocycles. The van der Waals surface area contributed by atoms with E-state index in [1.165, 1.54) is 11.0 Å². The molecule has 7 heteroatoms. The number of hydrogen-bond donors (Lipinski definition) is 1. The molecule has 0 aromatic heterocycles. The van der Waals surface area contributed by atoms with Crippen LogP contribution in [0.25, 0.3) is 0 Å². The number of nitrogens with zero attached hydrogens (tertiary/aromatic N) is 1. The van der Waals surface area contributed by atoms with Crippen LogP contribution in [-0.4, -0.2) is 31.9 Å². The van der Waals surface area contributed by atoms with Crippen molar-refractivity contribution >= 4 is 21.7 Å². The van der Waals surface area contributed by atoms with E-state index in [9.17, 15) is 18.3 Å². The average molecular weight is 337 g/mol. The Labute approximate surface area is 135 Å². The highest BCUT2D eigenvalue weighted by Gasteiger charge is 2.39. The van der Waals surface area contributed by atoms with Crippen LogP contribution in [0.15, 0.2) is 29.3 Å². The van der Waals surface area contributed by atoms with Crippen molar-refractivity contribution in [2.75, 3.05) is 11.2 Å². The summed E-state index contributed by atoms with van der Waals surface area (Å²) >= 11 is 0. The first-order valence-corrected chi connectivity index (χ1v) is 9.33. The number of anilines is 1. The summed E-state index contributed by atoms with van der Waals surface area (Å²) in [5.41, 5.74) is 2.54. The zero-order valence-corrected chi connectivity index (χ0v) is 13.9. The zero-order chi connectivity index (χ0) is 16.8. The smallest absolute Gasteiger partial charge is 0.306 e. The first-order valence-electron chi connectivity index (χ1n) is 7.51. The van der Waals surface area contributed by atoms with Crippen molar-refractivity contribution in [2.24, 2.45) is 0 Å². The summed E-state index contributed by atoms with van der Waals surface area (Å²) in [5.74, 6) is -0.0452.